The molecule has 0 spiro atoms. The monoisotopic (exact) mass is 451 g/mol. The number of ether oxygens (including phenoxy) is 3. The highest BCUT2D eigenvalue weighted by Gasteiger charge is 2.34. The van der Waals surface area contributed by atoms with Crippen molar-refractivity contribution >= 4 is 17.8 Å². The molecule has 174 valence electrons. The van der Waals surface area contributed by atoms with Crippen LogP contribution in [0.4, 0.5) is 0 Å². The van der Waals surface area contributed by atoms with Gasteiger partial charge in [-0.25, -0.2) is 0 Å². The molecule has 0 radical (unpaired) electrons. The quantitative estimate of drug-likeness (QED) is 0.523. The van der Waals surface area contributed by atoms with E-state index in [4.69, 9.17) is 14.2 Å². The van der Waals surface area contributed by atoms with Gasteiger partial charge in [0, 0.05) is 6.54 Å². The van der Waals surface area contributed by atoms with E-state index in [1.807, 2.05) is 31.2 Å². The number of likely N-dealkylation sites (tertiary alicyclic amines) is 1. The van der Waals surface area contributed by atoms with Crippen LogP contribution >= 0.6 is 0 Å². The van der Waals surface area contributed by atoms with Crippen molar-refractivity contribution in [3.05, 3.63) is 58.3 Å². The lowest BCUT2D eigenvalue weighted by molar-refractivity contribution is -0.149. The number of hydrogen-bond donors (Lipinski definition) is 1. The number of piperidine rings is 1. The number of hydrogen-bond acceptors (Lipinski definition) is 7. The molecule has 1 saturated heterocycles. The number of aryl methyl sites for hydroxylation is 1. The third-order valence-electron chi connectivity index (χ3n) is 6.20. The van der Waals surface area contributed by atoms with Crippen LogP contribution in [-0.4, -0.2) is 48.6 Å². The van der Waals surface area contributed by atoms with Gasteiger partial charge in [-0.15, -0.1) is 0 Å². The van der Waals surface area contributed by atoms with Crippen LogP contribution in [0.3, 0.4) is 0 Å². The topological polar surface area (TPSA) is 85.3 Å². The largest absolute Gasteiger partial charge is 0.507 e. The number of esters is 1. The number of carbonyl (C=O) groups is 2. The molecule has 1 fully saturated rings. The van der Waals surface area contributed by atoms with E-state index in [9.17, 15) is 14.7 Å². The summed E-state index contributed by atoms with van der Waals surface area (Å²) in [4.78, 5) is 27.3. The van der Waals surface area contributed by atoms with E-state index in [-0.39, 0.29) is 29.2 Å². The van der Waals surface area contributed by atoms with Gasteiger partial charge in [0.25, 0.3) is 0 Å². The second-order valence-electron chi connectivity index (χ2n) is 8.41. The third-order valence-corrected chi connectivity index (χ3v) is 6.20. The Morgan fingerprint density at radius 3 is 2.73 bits per heavy atom. The summed E-state index contributed by atoms with van der Waals surface area (Å²) in [6.45, 7) is 5.83. The van der Waals surface area contributed by atoms with Gasteiger partial charge in [0.2, 0.25) is 5.78 Å². The number of nitrogens with zero attached hydrogens (tertiary/aromatic N) is 1. The summed E-state index contributed by atoms with van der Waals surface area (Å²) in [6, 6.07) is 8.99. The highest BCUT2D eigenvalue weighted by Crippen LogP contribution is 2.42. The molecule has 0 atom stereocenters. The number of phenolic OH excluding ortho intramolecular Hbond substituents is 1. The minimum atomic E-state index is -0.201. The minimum Gasteiger partial charge on any atom is -0.507 e. The van der Waals surface area contributed by atoms with Gasteiger partial charge in [-0.2, -0.15) is 0 Å². The number of fused-ring (bicyclic) bond motifs is 1. The smallest absolute Gasteiger partial charge is 0.309 e. The number of allylic oxidation sites excluding steroid dienone is 1. The Balaban J connectivity index is 1.56. The number of methoxy groups -OCH3 is 1. The lowest BCUT2D eigenvalue weighted by Crippen LogP contribution is -2.36. The van der Waals surface area contributed by atoms with Crippen molar-refractivity contribution in [1.82, 2.24) is 4.90 Å². The first kappa shape index (κ1) is 22.9. The standard InChI is InChI=1S/C26H29NO6/c1-4-32-26(30)18-8-10-27(11-9-18)15-20-21(28)12-16(2)23-24(29)22(33-25(20)23)14-17-6-5-7-19(13-17)31-3/h5-7,12-14,18,28H,4,8-11,15H2,1-3H3/b22-14+. The van der Waals surface area contributed by atoms with Crippen molar-refractivity contribution in [2.75, 3.05) is 26.8 Å². The summed E-state index contributed by atoms with van der Waals surface area (Å²) in [5.41, 5.74) is 2.53. The minimum absolute atomic E-state index is 0.0891. The molecule has 7 nitrogen and oxygen atoms in total. The molecule has 0 aliphatic carbocycles. The molecule has 2 aromatic rings. The molecule has 0 amide bonds. The highest BCUT2D eigenvalue weighted by atomic mass is 16.5. The zero-order valence-electron chi connectivity index (χ0n) is 19.2. The van der Waals surface area contributed by atoms with Gasteiger partial charge in [-0.1, -0.05) is 12.1 Å². The van der Waals surface area contributed by atoms with Gasteiger partial charge in [-0.05, 0) is 75.2 Å². The van der Waals surface area contributed by atoms with E-state index in [0.717, 1.165) is 5.56 Å². The molecule has 0 unspecified atom stereocenters. The summed E-state index contributed by atoms with van der Waals surface area (Å²) in [7, 11) is 1.59. The maximum Gasteiger partial charge on any atom is 0.309 e. The van der Waals surface area contributed by atoms with Crippen LogP contribution in [0.1, 0.15) is 46.8 Å². The highest BCUT2D eigenvalue weighted by molar-refractivity contribution is 6.15. The Morgan fingerprint density at radius 2 is 2.03 bits per heavy atom. The van der Waals surface area contributed by atoms with Crippen molar-refractivity contribution in [2.45, 2.75) is 33.2 Å². The van der Waals surface area contributed by atoms with Gasteiger partial charge in [-0.3, -0.25) is 14.5 Å². The van der Waals surface area contributed by atoms with Crippen LogP contribution < -0.4 is 9.47 Å². The fraction of sp³-hybridized carbons (Fsp3) is 0.385. The number of Topliss-reactive ketones (excluding diaryl/α,β-unsaturated/α-hetero) is 1. The summed E-state index contributed by atoms with van der Waals surface area (Å²) in [5, 5.41) is 10.7. The van der Waals surface area contributed by atoms with Crippen LogP contribution in [-0.2, 0) is 16.1 Å². The molecule has 0 aromatic heterocycles. The molecule has 33 heavy (non-hydrogen) atoms. The number of aromatic hydroxyl groups is 1. The number of rotatable bonds is 6. The van der Waals surface area contributed by atoms with E-state index in [1.54, 1.807) is 26.2 Å². The predicted octanol–water partition coefficient (Wildman–Crippen LogP) is 4.10. The zero-order valence-corrected chi connectivity index (χ0v) is 19.2. The molecule has 4 rings (SSSR count). The van der Waals surface area contributed by atoms with Crippen molar-refractivity contribution in [3.63, 3.8) is 0 Å². The van der Waals surface area contributed by atoms with Crippen LogP contribution in [0.25, 0.3) is 6.08 Å². The summed E-state index contributed by atoms with van der Waals surface area (Å²) >= 11 is 0. The second kappa shape index (κ2) is 9.67. The van der Waals surface area contributed by atoms with Crippen molar-refractivity contribution in [1.29, 1.82) is 0 Å². The first-order valence-corrected chi connectivity index (χ1v) is 11.2. The van der Waals surface area contributed by atoms with Gasteiger partial charge in [0.05, 0.1) is 30.8 Å². The lowest BCUT2D eigenvalue weighted by atomic mass is 9.95. The van der Waals surface area contributed by atoms with E-state index in [2.05, 4.69) is 4.90 Å². The lowest BCUT2D eigenvalue weighted by Gasteiger charge is -2.31. The van der Waals surface area contributed by atoms with Crippen molar-refractivity contribution in [2.24, 2.45) is 5.92 Å². The SMILES string of the molecule is CCOC(=O)C1CCN(Cc2c(O)cc(C)c3c2O/C(=C/c2cccc(OC)c2)C3=O)CC1. The number of benzene rings is 2. The number of ketones is 1. The van der Waals surface area contributed by atoms with Crippen molar-refractivity contribution < 1.29 is 28.9 Å². The van der Waals surface area contributed by atoms with E-state index in [1.165, 1.54) is 0 Å². The predicted molar refractivity (Wildman–Crippen MR) is 123 cm³/mol. The van der Waals surface area contributed by atoms with E-state index >= 15 is 0 Å². The second-order valence-corrected chi connectivity index (χ2v) is 8.41. The number of phenols is 1. The maximum atomic E-state index is 13.1. The Bertz CT molecular complexity index is 1100. The summed E-state index contributed by atoms with van der Waals surface area (Å²) in [6.07, 6.45) is 3.10. The Hall–Kier alpha value is -3.32. The van der Waals surface area contributed by atoms with Crippen molar-refractivity contribution in [3.8, 4) is 17.2 Å². The molecular formula is C26H29NO6. The van der Waals surface area contributed by atoms with Gasteiger partial charge >= 0.3 is 5.97 Å². The van der Waals surface area contributed by atoms with Crippen LogP contribution in [0, 0.1) is 12.8 Å². The molecule has 2 aromatic carbocycles. The Kier molecular flexibility index (Phi) is 6.70. The fourth-order valence-corrected chi connectivity index (χ4v) is 4.43. The molecule has 2 aliphatic rings. The first-order valence-electron chi connectivity index (χ1n) is 11.2. The molecule has 1 N–H and O–H groups in total. The molecule has 0 saturated carbocycles. The van der Waals surface area contributed by atoms with E-state index < -0.39 is 0 Å². The third kappa shape index (κ3) is 4.73. The van der Waals surface area contributed by atoms with Crippen LogP contribution in [0.2, 0.25) is 0 Å². The van der Waals surface area contributed by atoms with Crippen LogP contribution in [0.15, 0.2) is 36.1 Å². The molecule has 2 aliphatic heterocycles. The number of carbonyl (C=O) groups excluding carboxylic acids is 2. The fourth-order valence-electron chi connectivity index (χ4n) is 4.43. The summed E-state index contributed by atoms with van der Waals surface area (Å²) in [5.74, 6) is 0.995. The molecule has 7 heteroatoms. The Labute approximate surface area is 193 Å². The maximum absolute atomic E-state index is 13.1. The molecular weight excluding hydrogens is 422 g/mol. The van der Waals surface area contributed by atoms with Crippen LogP contribution in [0.5, 0.6) is 17.2 Å². The average Bonchev–Trinajstić information content (AvgIpc) is 3.13. The normalized spacial score (nSPS) is 17.7. The van der Waals surface area contributed by atoms with Gasteiger partial charge in [0.15, 0.2) is 5.76 Å². The first-order chi connectivity index (χ1) is 15.9. The molecule has 0 bridgehead atoms. The summed E-state index contributed by atoms with van der Waals surface area (Å²) < 4.78 is 16.4. The molecule has 2 heterocycles. The zero-order chi connectivity index (χ0) is 23.5. The van der Waals surface area contributed by atoms with E-state index in [0.29, 0.717) is 67.3 Å². The average molecular weight is 452 g/mol. The van der Waals surface area contributed by atoms with Gasteiger partial charge < -0.3 is 19.3 Å². The van der Waals surface area contributed by atoms with Gasteiger partial charge in [0.1, 0.15) is 17.2 Å². The Morgan fingerprint density at radius 1 is 1.27 bits per heavy atom.